The van der Waals surface area contributed by atoms with Crippen molar-refractivity contribution < 1.29 is 45.8 Å². The van der Waals surface area contributed by atoms with E-state index in [1.54, 1.807) is 0 Å². The van der Waals surface area contributed by atoms with Crippen LogP contribution in [0, 0.1) is 17.5 Å². The van der Waals surface area contributed by atoms with E-state index in [0.717, 1.165) is 17.4 Å². The largest absolute Gasteiger partial charge is 0.443 e. The first-order chi connectivity index (χ1) is 19.7. The molecule has 0 saturated carbocycles. The minimum absolute atomic E-state index is 0.0375. The lowest BCUT2D eigenvalue weighted by Crippen LogP contribution is -2.42. The average molecular weight is 644 g/mol. The van der Waals surface area contributed by atoms with Crippen LogP contribution in [0.3, 0.4) is 0 Å². The standard InChI is InChI=1S/C28H32F3N3O7S2/c1-16(35)18-9-8-10-20(29)19(18)13-33(25(36)40-27(2,3)4)17-11-21(30)24(22(31)12-17)43(38,39)34(23-14-42-15-32-23)26(37)41-28(5,6)7/h8-12,14-16,35H,13H2,1-7H3/t16-/m1/s1. The van der Waals surface area contributed by atoms with Crippen LogP contribution in [0.4, 0.5) is 34.3 Å². The van der Waals surface area contributed by atoms with E-state index in [9.17, 15) is 27.5 Å². The van der Waals surface area contributed by atoms with Crippen LogP contribution in [0.2, 0.25) is 0 Å². The van der Waals surface area contributed by atoms with Crippen LogP contribution in [0.1, 0.15) is 65.7 Å². The highest BCUT2D eigenvalue weighted by atomic mass is 32.2. The number of amides is 2. The zero-order chi connectivity index (χ0) is 32.5. The van der Waals surface area contributed by atoms with Crippen molar-refractivity contribution in [3.63, 3.8) is 0 Å². The van der Waals surface area contributed by atoms with Gasteiger partial charge in [0, 0.05) is 10.9 Å². The van der Waals surface area contributed by atoms with Crippen LogP contribution in [0.25, 0.3) is 0 Å². The molecule has 0 fully saturated rings. The molecular formula is C28H32F3N3O7S2. The molecule has 0 aliphatic carbocycles. The summed E-state index contributed by atoms with van der Waals surface area (Å²) < 4.78 is 84.0. The van der Waals surface area contributed by atoms with Crippen molar-refractivity contribution in [2.45, 2.75) is 77.2 Å². The van der Waals surface area contributed by atoms with E-state index in [-0.39, 0.29) is 15.4 Å². The van der Waals surface area contributed by atoms with E-state index in [1.165, 1.54) is 71.5 Å². The molecule has 10 nitrogen and oxygen atoms in total. The van der Waals surface area contributed by atoms with Gasteiger partial charge in [-0.2, -0.15) is 0 Å². The van der Waals surface area contributed by atoms with E-state index in [2.05, 4.69) is 4.98 Å². The van der Waals surface area contributed by atoms with Gasteiger partial charge in [0.25, 0.3) is 10.0 Å². The van der Waals surface area contributed by atoms with E-state index >= 15 is 8.78 Å². The van der Waals surface area contributed by atoms with Gasteiger partial charge in [0.15, 0.2) is 10.7 Å². The summed E-state index contributed by atoms with van der Waals surface area (Å²) >= 11 is 0.923. The third-order valence-corrected chi connectivity index (χ3v) is 7.81. The van der Waals surface area contributed by atoms with Gasteiger partial charge in [-0.3, -0.25) is 4.90 Å². The van der Waals surface area contributed by atoms with Crippen LogP contribution in [-0.4, -0.2) is 41.9 Å². The summed E-state index contributed by atoms with van der Waals surface area (Å²) in [5.74, 6) is -4.61. The fourth-order valence-electron chi connectivity index (χ4n) is 3.83. The predicted octanol–water partition coefficient (Wildman–Crippen LogP) is 6.69. The third-order valence-electron chi connectivity index (χ3n) is 5.52. The molecule has 1 heterocycles. The number of thiazole rings is 1. The Balaban J connectivity index is 2.18. The number of nitrogens with zero attached hydrogens (tertiary/aromatic N) is 3. The van der Waals surface area contributed by atoms with E-state index in [4.69, 9.17) is 9.47 Å². The molecule has 234 valence electrons. The van der Waals surface area contributed by atoms with Gasteiger partial charge in [-0.25, -0.2) is 36.2 Å². The number of rotatable bonds is 7. The van der Waals surface area contributed by atoms with Crippen molar-refractivity contribution in [3.05, 3.63) is 69.8 Å². The van der Waals surface area contributed by atoms with Gasteiger partial charge in [0.2, 0.25) is 0 Å². The van der Waals surface area contributed by atoms with Gasteiger partial charge in [-0.1, -0.05) is 12.1 Å². The second-order valence-electron chi connectivity index (χ2n) is 11.4. The number of aliphatic hydroxyl groups excluding tert-OH is 1. The quantitative estimate of drug-likeness (QED) is 0.302. The Hall–Kier alpha value is -3.69. The van der Waals surface area contributed by atoms with E-state index in [1.807, 2.05) is 0 Å². The van der Waals surface area contributed by atoms with E-state index < -0.39 is 79.9 Å². The first kappa shape index (κ1) is 33.8. The molecule has 1 atom stereocenters. The highest BCUT2D eigenvalue weighted by molar-refractivity contribution is 7.93. The molecule has 43 heavy (non-hydrogen) atoms. The Bertz CT molecular complexity index is 1580. The maximum absolute atomic E-state index is 15.7. The molecule has 0 aliphatic rings. The number of carbonyl (C=O) groups is 2. The summed E-state index contributed by atoms with van der Waals surface area (Å²) in [4.78, 5) is 29.1. The molecule has 0 spiro atoms. The average Bonchev–Trinajstić information content (AvgIpc) is 3.33. The van der Waals surface area contributed by atoms with Crippen molar-refractivity contribution in [1.29, 1.82) is 0 Å². The van der Waals surface area contributed by atoms with Crippen molar-refractivity contribution in [1.82, 2.24) is 4.98 Å². The molecule has 1 N–H and O–H groups in total. The Morgan fingerprint density at radius 1 is 0.977 bits per heavy atom. The number of carbonyl (C=O) groups excluding carboxylic acids is 2. The first-order valence-corrected chi connectivity index (χ1v) is 15.2. The molecule has 0 radical (unpaired) electrons. The molecule has 3 rings (SSSR count). The molecule has 1 aromatic heterocycles. The summed E-state index contributed by atoms with van der Waals surface area (Å²) in [5.41, 5.74) is -1.64. The highest BCUT2D eigenvalue weighted by Gasteiger charge is 2.40. The van der Waals surface area contributed by atoms with Crippen LogP contribution < -0.4 is 9.21 Å². The fraction of sp³-hybridized carbons (Fsp3) is 0.393. The number of hydrogen-bond donors (Lipinski definition) is 1. The topological polar surface area (TPSA) is 126 Å². The Labute approximate surface area is 251 Å². The Morgan fingerprint density at radius 3 is 2.02 bits per heavy atom. The number of ether oxygens (including phenoxy) is 2. The first-order valence-electron chi connectivity index (χ1n) is 12.8. The summed E-state index contributed by atoms with van der Waals surface area (Å²) in [6.07, 6.45) is -3.77. The SMILES string of the molecule is C[C@@H](O)c1cccc(F)c1CN(C(=O)OC(C)(C)C)c1cc(F)c(S(=O)(=O)N(C(=O)OC(C)(C)C)c2cscn2)c(F)c1. The summed E-state index contributed by atoms with van der Waals surface area (Å²) in [5, 5.41) is 11.3. The van der Waals surface area contributed by atoms with Gasteiger partial charge in [-0.15, -0.1) is 15.6 Å². The number of benzene rings is 2. The summed E-state index contributed by atoms with van der Waals surface area (Å²) in [7, 11) is -5.31. The van der Waals surface area contributed by atoms with Gasteiger partial charge in [0.1, 0.15) is 28.7 Å². The minimum atomic E-state index is -5.31. The lowest BCUT2D eigenvalue weighted by molar-refractivity contribution is 0.0573. The highest BCUT2D eigenvalue weighted by Crippen LogP contribution is 2.33. The maximum Gasteiger partial charge on any atom is 0.430 e. The van der Waals surface area contributed by atoms with Gasteiger partial charge in [-0.05, 0) is 72.2 Å². The molecule has 2 aromatic carbocycles. The van der Waals surface area contributed by atoms with Crippen LogP contribution in [-0.2, 0) is 26.0 Å². The van der Waals surface area contributed by atoms with Crippen molar-refractivity contribution >= 4 is 45.1 Å². The monoisotopic (exact) mass is 643 g/mol. The number of halogens is 3. The molecule has 0 aliphatic heterocycles. The Morgan fingerprint density at radius 2 is 1.53 bits per heavy atom. The van der Waals surface area contributed by atoms with Crippen molar-refractivity contribution in [3.8, 4) is 0 Å². The molecule has 3 aromatic rings. The minimum Gasteiger partial charge on any atom is -0.443 e. The number of sulfonamides is 1. The summed E-state index contributed by atoms with van der Waals surface area (Å²) in [6, 6.07) is 4.91. The fourth-order valence-corrected chi connectivity index (χ4v) is 5.79. The normalized spacial score (nSPS) is 12.9. The van der Waals surface area contributed by atoms with Crippen LogP contribution in [0.15, 0.2) is 46.1 Å². The zero-order valence-corrected chi connectivity index (χ0v) is 26.1. The molecule has 0 bridgehead atoms. The number of aromatic nitrogens is 1. The van der Waals surface area contributed by atoms with Crippen molar-refractivity contribution in [2.24, 2.45) is 0 Å². The Kier molecular flexibility index (Phi) is 9.83. The van der Waals surface area contributed by atoms with Gasteiger partial charge in [0.05, 0.1) is 23.8 Å². The van der Waals surface area contributed by atoms with Gasteiger partial charge >= 0.3 is 12.2 Å². The lowest BCUT2D eigenvalue weighted by Gasteiger charge is -2.29. The molecule has 0 saturated heterocycles. The second-order valence-corrected chi connectivity index (χ2v) is 13.8. The smallest absolute Gasteiger partial charge is 0.430 e. The van der Waals surface area contributed by atoms with Crippen LogP contribution >= 0.6 is 11.3 Å². The summed E-state index contributed by atoms with van der Waals surface area (Å²) in [6.45, 7) is 9.74. The maximum atomic E-state index is 15.7. The number of aliphatic hydroxyl groups is 1. The predicted molar refractivity (Wildman–Crippen MR) is 154 cm³/mol. The number of hydrogen-bond acceptors (Lipinski definition) is 9. The second kappa shape index (κ2) is 12.5. The molecule has 15 heteroatoms. The van der Waals surface area contributed by atoms with E-state index in [0.29, 0.717) is 17.0 Å². The molecule has 2 amide bonds. The van der Waals surface area contributed by atoms with Gasteiger partial charge < -0.3 is 14.6 Å². The molecule has 0 unspecified atom stereocenters. The third kappa shape index (κ3) is 8.03. The lowest BCUT2D eigenvalue weighted by atomic mass is 10.0. The zero-order valence-electron chi connectivity index (χ0n) is 24.5. The van der Waals surface area contributed by atoms with Crippen molar-refractivity contribution in [2.75, 3.05) is 9.21 Å². The number of anilines is 2. The molecular weight excluding hydrogens is 611 g/mol. The van der Waals surface area contributed by atoms with Crippen LogP contribution in [0.5, 0.6) is 0 Å².